The smallest absolute Gasteiger partial charge is 0.230 e. The maximum Gasteiger partial charge on any atom is 0.230 e. The Hall–Kier alpha value is -1.39. The molecule has 0 bridgehead atoms. The molecule has 4 nitrogen and oxygen atoms in total. The summed E-state index contributed by atoms with van der Waals surface area (Å²) in [6, 6.07) is 7.71. The van der Waals surface area contributed by atoms with Crippen LogP contribution in [0.3, 0.4) is 0 Å². The molecule has 1 aliphatic carbocycles. The topological polar surface area (TPSA) is 64.9 Å². The summed E-state index contributed by atoms with van der Waals surface area (Å²) in [5, 5.41) is 4.82. The molecule has 0 aliphatic heterocycles. The van der Waals surface area contributed by atoms with Gasteiger partial charge in [-0.2, -0.15) is 4.98 Å². The van der Waals surface area contributed by atoms with Crippen molar-refractivity contribution in [1.29, 1.82) is 0 Å². The Labute approximate surface area is 123 Å². The molecular weight excluding hydrogens is 274 g/mol. The van der Waals surface area contributed by atoms with E-state index in [2.05, 4.69) is 10.1 Å². The predicted octanol–water partition coefficient (Wildman–Crippen LogP) is 3.16. The average Bonchev–Trinajstić information content (AvgIpc) is 3.09. The van der Waals surface area contributed by atoms with Crippen molar-refractivity contribution >= 4 is 11.6 Å². The molecule has 20 heavy (non-hydrogen) atoms. The van der Waals surface area contributed by atoms with E-state index < -0.39 is 0 Å². The van der Waals surface area contributed by atoms with Crippen LogP contribution in [0.25, 0.3) is 0 Å². The minimum absolute atomic E-state index is 0.339. The monoisotopic (exact) mass is 291 g/mol. The quantitative estimate of drug-likeness (QED) is 0.940. The van der Waals surface area contributed by atoms with E-state index in [4.69, 9.17) is 21.9 Å². The maximum atomic E-state index is 5.88. The molecule has 2 aromatic rings. The lowest BCUT2D eigenvalue weighted by Gasteiger charge is -2.12. The van der Waals surface area contributed by atoms with E-state index in [1.54, 1.807) is 0 Å². The van der Waals surface area contributed by atoms with Crippen LogP contribution >= 0.6 is 11.6 Å². The maximum absolute atomic E-state index is 5.88. The normalized spacial score (nSPS) is 22.3. The average molecular weight is 292 g/mol. The fraction of sp³-hybridized carbons (Fsp3) is 0.467. The summed E-state index contributed by atoms with van der Waals surface area (Å²) in [6.45, 7) is 0.694. The Morgan fingerprint density at radius 1 is 1.25 bits per heavy atom. The highest BCUT2D eigenvalue weighted by molar-refractivity contribution is 6.30. The predicted molar refractivity (Wildman–Crippen MR) is 77.7 cm³/mol. The third kappa shape index (κ3) is 2.86. The molecule has 1 aromatic heterocycles. The number of aromatic nitrogens is 2. The minimum atomic E-state index is 0.339. The SMILES string of the molecule is NCC1CCCC1c1nc(Cc2ccc(Cl)cc2)no1. The molecule has 0 radical (unpaired) electrons. The van der Waals surface area contributed by atoms with Crippen LogP contribution in [0.4, 0.5) is 0 Å². The number of benzene rings is 1. The van der Waals surface area contributed by atoms with Gasteiger partial charge in [0.2, 0.25) is 5.89 Å². The van der Waals surface area contributed by atoms with Gasteiger partial charge in [0, 0.05) is 17.4 Å². The molecule has 2 N–H and O–H groups in total. The summed E-state index contributed by atoms with van der Waals surface area (Å²) in [5.74, 6) is 2.30. The summed E-state index contributed by atoms with van der Waals surface area (Å²) >= 11 is 5.88. The van der Waals surface area contributed by atoms with Gasteiger partial charge in [-0.1, -0.05) is 35.3 Å². The lowest BCUT2D eigenvalue weighted by atomic mass is 9.96. The van der Waals surface area contributed by atoms with Gasteiger partial charge in [0.05, 0.1) is 0 Å². The summed E-state index contributed by atoms with van der Waals surface area (Å²) < 4.78 is 5.43. The van der Waals surface area contributed by atoms with Gasteiger partial charge in [0.15, 0.2) is 5.82 Å². The number of nitrogens with two attached hydrogens (primary N) is 1. The van der Waals surface area contributed by atoms with E-state index in [1.807, 2.05) is 24.3 Å². The summed E-state index contributed by atoms with van der Waals surface area (Å²) in [7, 11) is 0. The van der Waals surface area contributed by atoms with Crippen molar-refractivity contribution in [3.63, 3.8) is 0 Å². The van der Waals surface area contributed by atoms with E-state index in [0.29, 0.717) is 24.8 Å². The van der Waals surface area contributed by atoms with E-state index >= 15 is 0 Å². The molecule has 0 spiro atoms. The Morgan fingerprint density at radius 2 is 2.05 bits per heavy atom. The van der Waals surface area contributed by atoms with Gasteiger partial charge in [-0.3, -0.25) is 0 Å². The van der Waals surface area contributed by atoms with Crippen LogP contribution in [0.1, 0.15) is 42.5 Å². The lowest BCUT2D eigenvalue weighted by molar-refractivity contribution is 0.323. The van der Waals surface area contributed by atoms with Crippen LogP contribution in [-0.4, -0.2) is 16.7 Å². The molecule has 5 heteroatoms. The molecule has 2 atom stereocenters. The third-order valence-electron chi connectivity index (χ3n) is 4.04. The highest BCUT2D eigenvalue weighted by atomic mass is 35.5. The molecule has 3 rings (SSSR count). The first-order valence-electron chi connectivity index (χ1n) is 7.03. The summed E-state index contributed by atoms with van der Waals surface area (Å²) in [6.07, 6.45) is 4.13. The zero-order valence-electron chi connectivity index (χ0n) is 11.3. The Balaban J connectivity index is 1.72. The van der Waals surface area contributed by atoms with Crippen molar-refractivity contribution in [2.75, 3.05) is 6.54 Å². The summed E-state index contributed by atoms with van der Waals surface area (Å²) in [4.78, 5) is 4.54. The van der Waals surface area contributed by atoms with E-state index in [9.17, 15) is 0 Å². The van der Waals surface area contributed by atoms with E-state index in [-0.39, 0.29) is 0 Å². The third-order valence-corrected chi connectivity index (χ3v) is 4.29. The first-order valence-corrected chi connectivity index (χ1v) is 7.41. The standard InChI is InChI=1S/C15H18ClN3O/c16-12-6-4-10(5-7-12)8-14-18-15(20-19-14)13-3-1-2-11(13)9-17/h4-7,11,13H,1-3,8-9,17H2. The van der Waals surface area contributed by atoms with Crippen molar-refractivity contribution in [3.05, 3.63) is 46.6 Å². The molecule has 0 saturated heterocycles. The van der Waals surface area contributed by atoms with Gasteiger partial charge in [-0.15, -0.1) is 0 Å². The highest BCUT2D eigenvalue weighted by Gasteiger charge is 2.31. The molecule has 1 saturated carbocycles. The first kappa shape index (κ1) is 13.6. The van der Waals surface area contributed by atoms with Crippen molar-refractivity contribution in [2.45, 2.75) is 31.6 Å². The molecular formula is C15H18ClN3O. The molecule has 1 heterocycles. The van der Waals surface area contributed by atoms with Crippen LogP contribution in [-0.2, 0) is 6.42 Å². The zero-order chi connectivity index (χ0) is 13.9. The molecule has 1 fully saturated rings. The van der Waals surface area contributed by atoms with Crippen LogP contribution in [0, 0.1) is 5.92 Å². The van der Waals surface area contributed by atoms with Crippen molar-refractivity contribution in [3.8, 4) is 0 Å². The fourth-order valence-corrected chi connectivity index (χ4v) is 3.04. The Kier molecular flexibility index (Phi) is 4.03. The van der Waals surface area contributed by atoms with Crippen LogP contribution < -0.4 is 5.73 Å². The van der Waals surface area contributed by atoms with Crippen LogP contribution in [0.2, 0.25) is 5.02 Å². The molecule has 2 unspecified atom stereocenters. The fourth-order valence-electron chi connectivity index (χ4n) is 2.92. The number of hydrogen-bond acceptors (Lipinski definition) is 4. The largest absolute Gasteiger partial charge is 0.339 e. The zero-order valence-corrected chi connectivity index (χ0v) is 12.0. The lowest BCUT2D eigenvalue weighted by Crippen LogP contribution is -2.17. The molecule has 1 aliphatic rings. The first-order chi connectivity index (χ1) is 9.76. The van der Waals surface area contributed by atoms with Crippen LogP contribution in [0.5, 0.6) is 0 Å². The van der Waals surface area contributed by atoms with Gasteiger partial charge in [-0.25, -0.2) is 0 Å². The molecule has 1 aromatic carbocycles. The minimum Gasteiger partial charge on any atom is -0.339 e. The number of nitrogens with zero attached hydrogens (tertiary/aromatic N) is 2. The van der Waals surface area contributed by atoms with E-state index in [1.165, 1.54) is 6.42 Å². The van der Waals surface area contributed by atoms with Gasteiger partial charge in [-0.05, 0) is 43.0 Å². The van der Waals surface area contributed by atoms with Crippen molar-refractivity contribution in [1.82, 2.24) is 10.1 Å². The van der Waals surface area contributed by atoms with Gasteiger partial charge < -0.3 is 10.3 Å². The second-order valence-electron chi connectivity index (χ2n) is 5.39. The Morgan fingerprint density at radius 3 is 2.80 bits per heavy atom. The van der Waals surface area contributed by atoms with Crippen molar-refractivity contribution in [2.24, 2.45) is 11.7 Å². The second kappa shape index (κ2) is 5.94. The van der Waals surface area contributed by atoms with Gasteiger partial charge >= 0.3 is 0 Å². The highest BCUT2D eigenvalue weighted by Crippen LogP contribution is 2.38. The van der Waals surface area contributed by atoms with Crippen LogP contribution in [0.15, 0.2) is 28.8 Å². The van der Waals surface area contributed by atoms with Crippen molar-refractivity contribution < 1.29 is 4.52 Å². The number of rotatable bonds is 4. The van der Waals surface area contributed by atoms with Gasteiger partial charge in [0.25, 0.3) is 0 Å². The summed E-state index contributed by atoms with van der Waals surface area (Å²) in [5.41, 5.74) is 6.93. The second-order valence-corrected chi connectivity index (χ2v) is 5.82. The molecule has 0 amide bonds. The van der Waals surface area contributed by atoms with Gasteiger partial charge in [0.1, 0.15) is 0 Å². The van der Waals surface area contributed by atoms with E-state index in [0.717, 1.165) is 35.1 Å². The number of hydrogen-bond donors (Lipinski definition) is 1. The Bertz CT molecular complexity index is 567. The molecule has 106 valence electrons. The number of halogens is 1.